The van der Waals surface area contributed by atoms with Gasteiger partial charge >= 0.3 is 0 Å². The maximum atomic E-state index is 12.2. The summed E-state index contributed by atoms with van der Waals surface area (Å²) in [6.45, 7) is 5.72. The van der Waals surface area contributed by atoms with Gasteiger partial charge in [0.15, 0.2) is 11.3 Å². The first-order valence-electron chi connectivity index (χ1n) is 8.48. The number of nitrogens with one attached hydrogen (secondary N) is 1. The number of benzene rings is 2. The summed E-state index contributed by atoms with van der Waals surface area (Å²) >= 11 is 1.32. The molecule has 0 spiro atoms. The Kier molecular flexibility index (Phi) is 5.63. The average Bonchev–Trinajstić information content (AvgIpc) is 2.98. The van der Waals surface area contributed by atoms with E-state index >= 15 is 0 Å². The number of ether oxygens (including phenoxy) is 1. The van der Waals surface area contributed by atoms with Crippen molar-refractivity contribution < 1.29 is 9.53 Å². The van der Waals surface area contributed by atoms with Crippen LogP contribution in [0.2, 0.25) is 0 Å². The molecule has 1 aliphatic heterocycles. The van der Waals surface area contributed by atoms with E-state index < -0.39 is 6.10 Å². The minimum atomic E-state index is -0.505. The van der Waals surface area contributed by atoms with Crippen LogP contribution in [-0.2, 0) is 4.79 Å². The Morgan fingerprint density at radius 2 is 1.96 bits per heavy atom. The zero-order chi connectivity index (χ0) is 19.4. The van der Waals surface area contributed by atoms with Crippen LogP contribution >= 0.6 is 11.8 Å². The number of carbonyl (C=O) groups is 1. The van der Waals surface area contributed by atoms with Crippen LogP contribution in [0, 0.1) is 25.2 Å². The lowest BCUT2D eigenvalue weighted by atomic mass is 10.1. The summed E-state index contributed by atoms with van der Waals surface area (Å²) in [7, 11) is 0. The van der Waals surface area contributed by atoms with E-state index in [2.05, 4.69) is 16.4 Å². The summed E-state index contributed by atoms with van der Waals surface area (Å²) < 4.78 is 5.43. The Bertz CT molecular complexity index is 972. The predicted molar refractivity (Wildman–Crippen MR) is 109 cm³/mol. The van der Waals surface area contributed by atoms with Gasteiger partial charge in [-0.15, -0.1) is 0 Å². The van der Waals surface area contributed by atoms with E-state index in [1.165, 1.54) is 17.3 Å². The van der Waals surface area contributed by atoms with Crippen molar-refractivity contribution in [1.29, 1.82) is 5.26 Å². The fourth-order valence-corrected chi connectivity index (χ4v) is 3.38. The number of hydrogen-bond acceptors (Lipinski definition) is 5. The molecule has 1 amide bonds. The topological polar surface area (TPSA) is 74.5 Å². The number of amides is 1. The molecule has 1 N–H and O–H groups in total. The summed E-state index contributed by atoms with van der Waals surface area (Å²) in [6, 6.07) is 15.3. The molecule has 1 unspecified atom stereocenters. The number of aryl methyl sites for hydroxylation is 2. The molecule has 0 radical (unpaired) electrons. The normalized spacial score (nSPS) is 17.6. The summed E-state index contributed by atoms with van der Waals surface area (Å²) in [5.74, 6) is 0.453. The Labute approximate surface area is 162 Å². The van der Waals surface area contributed by atoms with Crippen LogP contribution < -0.4 is 10.1 Å². The van der Waals surface area contributed by atoms with Gasteiger partial charge in [0.1, 0.15) is 11.8 Å². The number of nitriles is 1. The highest BCUT2D eigenvalue weighted by Gasteiger charge is 2.24. The SMILES string of the molecule is Cc1ccc(N=C2NC(=O)/C(=C/c3ccc(OC(C)C#N)cc3)S2)c(C)c1. The molecule has 2 aromatic rings. The number of rotatable bonds is 4. The summed E-state index contributed by atoms with van der Waals surface area (Å²) in [5.41, 5.74) is 3.96. The molecule has 136 valence electrons. The smallest absolute Gasteiger partial charge is 0.264 e. The van der Waals surface area contributed by atoms with Crippen molar-refractivity contribution in [1.82, 2.24) is 5.32 Å². The molecular formula is C21H19N3O2S. The maximum absolute atomic E-state index is 12.2. The van der Waals surface area contributed by atoms with Crippen LogP contribution in [0.5, 0.6) is 5.75 Å². The van der Waals surface area contributed by atoms with Crippen LogP contribution in [0.4, 0.5) is 5.69 Å². The van der Waals surface area contributed by atoms with Crippen molar-refractivity contribution in [2.75, 3.05) is 0 Å². The average molecular weight is 377 g/mol. The van der Waals surface area contributed by atoms with Crippen molar-refractivity contribution in [3.05, 3.63) is 64.1 Å². The van der Waals surface area contributed by atoms with Crippen molar-refractivity contribution in [2.24, 2.45) is 4.99 Å². The van der Waals surface area contributed by atoms with Crippen molar-refractivity contribution in [2.45, 2.75) is 26.9 Å². The highest BCUT2D eigenvalue weighted by Crippen LogP contribution is 2.29. The second kappa shape index (κ2) is 8.11. The zero-order valence-electron chi connectivity index (χ0n) is 15.3. The van der Waals surface area contributed by atoms with Gasteiger partial charge in [0.25, 0.3) is 5.91 Å². The lowest BCUT2D eigenvalue weighted by Gasteiger charge is -2.07. The van der Waals surface area contributed by atoms with E-state index in [-0.39, 0.29) is 5.91 Å². The van der Waals surface area contributed by atoms with Gasteiger partial charge in [0.2, 0.25) is 0 Å². The molecule has 0 saturated carbocycles. The molecule has 0 bridgehead atoms. The van der Waals surface area contributed by atoms with Crippen LogP contribution in [0.25, 0.3) is 6.08 Å². The second-order valence-corrected chi connectivity index (χ2v) is 7.26. The molecule has 6 heteroatoms. The number of aliphatic imine (C=N–C) groups is 1. The van der Waals surface area contributed by atoms with Gasteiger partial charge in [-0.05, 0) is 67.9 Å². The number of thioether (sulfide) groups is 1. The molecule has 1 aliphatic rings. The lowest BCUT2D eigenvalue weighted by molar-refractivity contribution is -0.115. The first kappa shape index (κ1) is 18.7. The molecule has 1 atom stereocenters. The summed E-state index contributed by atoms with van der Waals surface area (Å²) in [4.78, 5) is 17.4. The standard InChI is InChI=1S/C21H19N3O2S/c1-13-4-9-18(14(2)10-13)23-21-24-20(25)19(27-21)11-16-5-7-17(8-6-16)26-15(3)12-22/h4-11,15H,1-3H3,(H,23,24,25)/b19-11-. The monoisotopic (exact) mass is 377 g/mol. The van der Waals surface area contributed by atoms with Gasteiger partial charge in [0, 0.05) is 0 Å². The fraction of sp³-hybridized carbons (Fsp3) is 0.190. The number of hydrogen-bond donors (Lipinski definition) is 1. The quantitative estimate of drug-likeness (QED) is 0.797. The number of amidine groups is 1. The van der Waals surface area contributed by atoms with E-state index in [0.717, 1.165) is 16.8 Å². The third kappa shape index (κ3) is 4.78. The molecule has 0 aromatic heterocycles. The molecule has 27 heavy (non-hydrogen) atoms. The van der Waals surface area contributed by atoms with Gasteiger partial charge in [-0.1, -0.05) is 29.8 Å². The van der Waals surface area contributed by atoms with Gasteiger partial charge in [0.05, 0.1) is 10.6 Å². The minimum absolute atomic E-state index is 0.165. The molecule has 3 rings (SSSR count). The van der Waals surface area contributed by atoms with E-state index in [0.29, 0.717) is 15.8 Å². The first-order chi connectivity index (χ1) is 12.9. The Hall–Kier alpha value is -3.04. The summed E-state index contributed by atoms with van der Waals surface area (Å²) in [6.07, 6.45) is 1.30. The van der Waals surface area contributed by atoms with Crippen LogP contribution in [0.15, 0.2) is 52.4 Å². The highest BCUT2D eigenvalue weighted by atomic mass is 32.2. The Morgan fingerprint density at radius 1 is 1.22 bits per heavy atom. The molecule has 0 aliphatic carbocycles. The lowest BCUT2D eigenvalue weighted by Crippen LogP contribution is -2.19. The van der Waals surface area contributed by atoms with Crippen molar-refractivity contribution in [3.8, 4) is 11.8 Å². The van der Waals surface area contributed by atoms with E-state index in [9.17, 15) is 4.79 Å². The van der Waals surface area contributed by atoms with Crippen LogP contribution in [0.3, 0.4) is 0 Å². The van der Waals surface area contributed by atoms with E-state index in [1.54, 1.807) is 19.1 Å². The first-order valence-corrected chi connectivity index (χ1v) is 9.29. The molecule has 1 saturated heterocycles. The van der Waals surface area contributed by atoms with Gasteiger partial charge in [-0.2, -0.15) is 5.26 Å². The molecule has 1 heterocycles. The zero-order valence-corrected chi connectivity index (χ0v) is 16.1. The molecule has 5 nitrogen and oxygen atoms in total. The minimum Gasteiger partial charge on any atom is -0.476 e. The third-order valence-electron chi connectivity index (χ3n) is 3.90. The number of carbonyl (C=O) groups excluding carboxylic acids is 1. The van der Waals surface area contributed by atoms with Gasteiger partial charge in [-0.25, -0.2) is 4.99 Å². The van der Waals surface area contributed by atoms with Gasteiger partial charge < -0.3 is 10.1 Å². The highest BCUT2D eigenvalue weighted by molar-refractivity contribution is 8.18. The van der Waals surface area contributed by atoms with Crippen LogP contribution in [0.1, 0.15) is 23.6 Å². The third-order valence-corrected chi connectivity index (χ3v) is 4.81. The van der Waals surface area contributed by atoms with E-state index in [4.69, 9.17) is 10.00 Å². The largest absolute Gasteiger partial charge is 0.476 e. The molecular weight excluding hydrogens is 358 g/mol. The number of nitrogens with zero attached hydrogens (tertiary/aromatic N) is 2. The van der Waals surface area contributed by atoms with Crippen molar-refractivity contribution >= 4 is 34.6 Å². The fourth-order valence-electron chi connectivity index (χ4n) is 2.55. The van der Waals surface area contributed by atoms with Gasteiger partial charge in [-0.3, -0.25) is 4.79 Å². The maximum Gasteiger partial charge on any atom is 0.264 e. The van der Waals surface area contributed by atoms with Crippen molar-refractivity contribution in [3.63, 3.8) is 0 Å². The Morgan fingerprint density at radius 3 is 2.63 bits per heavy atom. The second-order valence-electron chi connectivity index (χ2n) is 6.23. The summed E-state index contributed by atoms with van der Waals surface area (Å²) in [5, 5.41) is 12.2. The van der Waals surface area contributed by atoms with E-state index in [1.807, 2.05) is 50.3 Å². The van der Waals surface area contributed by atoms with Crippen LogP contribution in [-0.4, -0.2) is 17.2 Å². The molecule has 1 fully saturated rings. The Balaban J connectivity index is 1.75. The molecule has 2 aromatic carbocycles. The predicted octanol–water partition coefficient (Wildman–Crippen LogP) is 4.49.